The van der Waals surface area contributed by atoms with Crippen LogP contribution in [0.5, 0.6) is 0 Å². The van der Waals surface area contributed by atoms with Crippen LogP contribution in [0.2, 0.25) is 0 Å². The summed E-state index contributed by atoms with van der Waals surface area (Å²) < 4.78 is 0. The maximum absolute atomic E-state index is 3.76. The van der Waals surface area contributed by atoms with Crippen LogP contribution in [0.25, 0.3) is 0 Å². The topological polar surface area (TPSA) is 18.5 Å². The Balaban J connectivity index is 1.79. The van der Waals surface area contributed by atoms with Crippen LogP contribution in [0.3, 0.4) is 0 Å². The molecule has 3 heteroatoms. The second-order valence-electron chi connectivity index (χ2n) is 6.60. The standard InChI is InChI=1S/C16H33N3/c1-4-16-8-11-19(9-6-14(3)17-16)13-15-7-10-18(5-2)12-15/h14-17H,4-13H2,1-3H3. The van der Waals surface area contributed by atoms with Crippen molar-refractivity contribution >= 4 is 0 Å². The molecule has 112 valence electrons. The van der Waals surface area contributed by atoms with Crippen LogP contribution in [0.4, 0.5) is 0 Å². The minimum atomic E-state index is 0.684. The molecule has 0 spiro atoms. The van der Waals surface area contributed by atoms with Crippen molar-refractivity contribution in [3.05, 3.63) is 0 Å². The van der Waals surface area contributed by atoms with E-state index in [0.717, 1.165) is 12.0 Å². The van der Waals surface area contributed by atoms with E-state index in [9.17, 15) is 0 Å². The highest BCUT2D eigenvalue weighted by Crippen LogP contribution is 2.18. The predicted octanol–water partition coefficient (Wildman–Crippen LogP) is 2.18. The van der Waals surface area contributed by atoms with Gasteiger partial charge in [-0.05, 0) is 64.7 Å². The molecule has 1 N–H and O–H groups in total. The third-order valence-electron chi connectivity index (χ3n) is 5.02. The van der Waals surface area contributed by atoms with Gasteiger partial charge in [-0.3, -0.25) is 0 Å². The Labute approximate surface area is 119 Å². The van der Waals surface area contributed by atoms with Crippen molar-refractivity contribution < 1.29 is 0 Å². The Morgan fingerprint density at radius 2 is 1.74 bits per heavy atom. The van der Waals surface area contributed by atoms with Crippen molar-refractivity contribution in [2.45, 2.75) is 58.5 Å². The van der Waals surface area contributed by atoms with Crippen LogP contribution in [-0.2, 0) is 0 Å². The van der Waals surface area contributed by atoms with Crippen LogP contribution < -0.4 is 5.32 Å². The Kier molecular flexibility index (Phi) is 6.11. The van der Waals surface area contributed by atoms with Crippen molar-refractivity contribution in [1.29, 1.82) is 0 Å². The molecule has 2 fully saturated rings. The van der Waals surface area contributed by atoms with Gasteiger partial charge in [0.25, 0.3) is 0 Å². The van der Waals surface area contributed by atoms with E-state index in [2.05, 4.69) is 35.9 Å². The molecule has 3 atom stereocenters. The highest BCUT2D eigenvalue weighted by atomic mass is 15.2. The maximum Gasteiger partial charge on any atom is 0.00790 e. The monoisotopic (exact) mass is 267 g/mol. The third-order valence-corrected chi connectivity index (χ3v) is 5.02. The highest BCUT2D eigenvalue weighted by Gasteiger charge is 2.24. The van der Waals surface area contributed by atoms with Gasteiger partial charge < -0.3 is 15.1 Å². The molecular formula is C16H33N3. The largest absolute Gasteiger partial charge is 0.311 e. The van der Waals surface area contributed by atoms with Crippen molar-refractivity contribution in [2.75, 3.05) is 39.3 Å². The molecule has 0 saturated carbocycles. The first-order valence-electron chi connectivity index (χ1n) is 8.42. The lowest BCUT2D eigenvalue weighted by molar-refractivity contribution is 0.185. The third kappa shape index (κ3) is 4.73. The van der Waals surface area contributed by atoms with E-state index in [1.54, 1.807) is 0 Å². The molecule has 0 aromatic rings. The number of nitrogens with zero attached hydrogens (tertiary/aromatic N) is 2. The van der Waals surface area contributed by atoms with Gasteiger partial charge in [-0.25, -0.2) is 0 Å². The van der Waals surface area contributed by atoms with Crippen LogP contribution in [0, 0.1) is 5.92 Å². The molecule has 0 radical (unpaired) electrons. The molecule has 0 bridgehead atoms. The molecule has 19 heavy (non-hydrogen) atoms. The molecule has 2 aliphatic rings. The zero-order chi connectivity index (χ0) is 13.7. The van der Waals surface area contributed by atoms with Crippen LogP contribution in [0.1, 0.15) is 46.5 Å². The molecule has 0 aromatic carbocycles. The minimum absolute atomic E-state index is 0.684. The second kappa shape index (κ2) is 7.61. The van der Waals surface area contributed by atoms with Crippen LogP contribution >= 0.6 is 0 Å². The fourth-order valence-electron chi connectivity index (χ4n) is 3.61. The Bertz CT molecular complexity index is 256. The molecule has 0 amide bonds. The summed E-state index contributed by atoms with van der Waals surface area (Å²) in [5.74, 6) is 0.919. The van der Waals surface area contributed by atoms with E-state index >= 15 is 0 Å². The summed E-state index contributed by atoms with van der Waals surface area (Å²) in [6.07, 6.45) is 5.31. The van der Waals surface area contributed by atoms with Gasteiger partial charge in [0.1, 0.15) is 0 Å². The number of hydrogen-bond donors (Lipinski definition) is 1. The van der Waals surface area contributed by atoms with E-state index in [1.165, 1.54) is 65.0 Å². The van der Waals surface area contributed by atoms with Crippen molar-refractivity contribution in [3.63, 3.8) is 0 Å². The predicted molar refractivity (Wildman–Crippen MR) is 82.6 cm³/mol. The first kappa shape index (κ1) is 15.3. The molecule has 3 unspecified atom stereocenters. The molecule has 2 aliphatic heterocycles. The molecule has 2 heterocycles. The van der Waals surface area contributed by atoms with E-state index in [0.29, 0.717) is 6.04 Å². The Morgan fingerprint density at radius 3 is 2.42 bits per heavy atom. The van der Waals surface area contributed by atoms with Gasteiger partial charge in [0.15, 0.2) is 0 Å². The van der Waals surface area contributed by atoms with Gasteiger partial charge >= 0.3 is 0 Å². The van der Waals surface area contributed by atoms with E-state index in [1.807, 2.05) is 0 Å². The van der Waals surface area contributed by atoms with E-state index < -0.39 is 0 Å². The summed E-state index contributed by atoms with van der Waals surface area (Å²) in [5.41, 5.74) is 0. The summed E-state index contributed by atoms with van der Waals surface area (Å²) in [4.78, 5) is 5.34. The summed E-state index contributed by atoms with van der Waals surface area (Å²) in [5, 5.41) is 3.76. The molecule has 2 rings (SSSR count). The maximum atomic E-state index is 3.76. The first-order chi connectivity index (χ1) is 9.21. The summed E-state index contributed by atoms with van der Waals surface area (Å²) in [6, 6.07) is 1.41. The fraction of sp³-hybridized carbons (Fsp3) is 1.00. The van der Waals surface area contributed by atoms with Crippen LogP contribution in [0.15, 0.2) is 0 Å². The molecule has 2 saturated heterocycles. The quantitative estimate of drug-likeness (QED) is 0.842. The first-order valence-corrected chi connectivity index (χ1v) is 8.42. The molecule has 3 nitrogen and oxygen atoms in total. The lowest BCUT2D eigenvalue weighted by Gasteiger charge is -2.33. The number of rotatable bonds is 4. The van der Waals surface area contributed by atoms with Gasteiger partial charge in [-0.15, -0.1) is 0 Å². The van der Waals surface area contributed by atoms with Crippen molar-refractivity contribution in [2.24, 2.45) is 5.92 Å². The lowest BCUT2D eigenvalue weighted by Crippen LogP contribution is -2.45. The number of nitrogens with one attached hydrogen (secondary N) is 1. The van der Waals surface area contributed by atoms with Gasteiger partial charge in [0.05, 0.1) is 0 Å². The van der Waals surface area contributed by atoms with Gasteiger partial charge in [-0.1, -0.05) is 13.8 Å². The van der Waals surface area contributed by atoms with E-state index in [4.69, 9.17) is 0 Å². The Hall–Kier alpha value is -0.120. The van der Waals surface area contributed by atoms with Gasteiger partial charge in [0.2, 0.25) is 0 Å². The minimum Gasteiger partial charge on any atom is -0.311 e. The fourth-order valence-corrected chi connectivity index (χ4v) is 3.61. The normalized spacial score (nSPS) is 35.2. The summed E-state index contributed by atoms with van der Waals surface area (Å²) in [6.45, 7) is 14.7. The van der Waals surface area contributed by atoms with Gasteiger partial charge in [-0.2, -0.15) is 0 Å². The zero-order valence-electron chi connectivity index (χ0n) is 13.2. The van der Waals surface area contributed by atoms with Crippen LogP contribution in [-0.4, -0.2) is 61.2 Å². The SMILES string of the molecule is CCC1CCN(CC2CCN(CC)C2)CCC(C)N1. The van der Waals surface area contributed by atoms with Crippen molar-refractivity contribution in [1.82, 2.24) is 15.1 Å². The van der Waals surface area contributed by atoms with Crippen molar-refractivity contribution in [3.8, 4) is 0 Å². The smallest absolute Gasteiger partial charge is 0.00790 e. The number of hydrogen-bond acceptors (Lipinski definition) is 3. The Morgan fingerprint density at radius 1 is 1.00 bits per heavy atom. The van der Waals surface area contributed by atoms with E-state index in [-0.39, 0.29) is 0 Å². The zero-order valence-corrected chi connectivity index (χ0v) is 13.2. The molecule has 0 aromatic heterocycles. The second-order valence-corrected chi connectivity index (χ2v) is 6.60. The van der Waals surface area contributed by atoms with Gasteiger partial charge in [0, 0.05) is 25.2 Å². The lowest BCUT2D eigenvalue weighted by atomic mass is 10.0. The summed E-state index contributed by atoms with van der Waals surface area (Å²) >= 11 is 0. The molecule has 0 aliphatic carbocycles. The average molecular weight is 267 g/mol. The summed E-state index contributed by atoms with van der Waals surface area (Å²) in [7, 11) is 0. The number of likely N-dealkylation sites (tertiary alicyclic amines) is 1. The average Bonchev–Trinajstić information content (AvgIpc) is 2.85. The molecular weight excluding hydrogens is 234 g/mol. The highest BCUT2D eigenvalue weighted by molar-refractivity contribution is 4.81.